The lowest BCUT2D eigenvalue weighted by atomic mass is 9.78. The second-order valence-electron chi connectivity index (χ2n) is 4.86. The maximum atomic E-state index is 4.53. The summed E-state index contributed by atoms with van der Waals surface area (Å²) in [5, 5.41) is 3.49. The van der Waals surface area contributed by atoms with Crippen molar-refractivity contribution in [3.63, 3.8) is 0 Å². The number of hydrogen-bond acceptors (Lipinski definition) is 2. The third-order valence-corrected chi connectivity index (χ3v) is 3.76. The second-order valence-corrected chi connectivity index (χ2v) is 4.86. The van der Waals surface area contributed by atoms with Crippen LogP contribution in [0.2, 0.25) is 0 Å². The second kappa shape index (κ2) is 5.48. The first-order chi connectivity index (χ1) is 7.83. The summed E-state index contributed by atoms with van der Waals surface area (Å²) in [5.74, 6) is 2.71. The molecule has 0 radical (unpaired) electrons. The fourth-order valence-corrected chi connectivity index (χ4v) is 2.86. The van der Waals surface area contributed by atoms with E-state index in [4.69, 9.17) is 0 Å². The molecule has 1 heterocycles. The summed E-state index contributed by atoms with van der Waals surface area (Å²) in [6.45, 7) is 4.40. The predicted molar refractivity (Wildman–Crippen MR) is 66.5 cm³/mol. The highest BCUT2D eigenvalue weighted by Crippen LogP contribution is 2.36. The van der Waals surface area contributed by atoms with E-state index >= 15 is 0 Å². The van der Waals surface area contributed by atoms with Gasteiger partial charge in [0.15, 0.2) is 0 Å². The Morgan fingerprint density at radius 1 is 1.44 bits per heavy atom. The van der Waals surface area contributed by atoms with Gasteiger partial charge >= 0.3 is 0 Å². The molecule has 2 rings (SSSR count). The molecule has 0 saturated heterocycles. The first kappa shape index (κ1) is 11.6. The van der Waals surface area contributed by atoms with Gasteiger partial charge in [-0.2, -0.15) is 0 Å². The van der Waals surface area contributed by atoms with Gasteiger partial charge in [-0.3, -0.25) is 0 Å². The molecule has 3 nitrogen and oxygen atoms in total. The van der Waals surface area contributed by atoms with Gasteiger partial charge in [-0.05, 0) is 31.8 Å². The first-order valence-electron chi connectivity index (χ1n) is 6.51. The van der Waals surface area contributed by atoms with E-state index in [9.17, 15) is 0 Å². The van der Waals surface area contributed by atoms with Crippen molar-refractivity contribution < 1.29 is 0 Å². The molecule has 1 aromatic rings. The maximum Gasteiger partial charge on any atom is 0.111 e. The Bertz CT molecular complexity index is 319. The first-order valence-corrected chi connectivity index (χ1v) is 6.51. The van der Waals surface area contributed by atoms with Crippen LogP contribution in [0.5, 0.6) is 0 Å². The van der Waals surface area contributed by atoms with Crippen molar-refractivity contribution in [3.8, 4) is 0 Å². The molecule has 0 amide bonds. The fourth-order valence-electron chi connectivity index (χ4n) is 2.86. The summed E-state index contributed by atoms with van der Waals surface area (Å²) in [5.41, 5.74) is 0. The highest BCUT2D eigenvalue weighted by Gasteiger charge is 2.28. The van der Waals surface area contributed by atoms with Gasteiger partial charge < -0.3 is 9.88 Å². The number of nitrogens with zero attached hydrogens (tertiary/aromatic N) is 2. The summed E-state index contributed by atoms with van der Waals surface area (Å²) in [4.78, 5) is 4.53. The fraction of sp³-hybridized carbons (Fsp3) is 0.769. The van der Waals surface area contributed by atoms with E-state index in [0.717, 1.165) is 19.0 Å². The van der Waals surface area contributed by atoms with Crippen LogP contribution >= 0.6 is 0 Å². The summed E-state index contributed by atoms with van der Waals surface area (Å²) in [7, 11) is 2.11. The average molecular weight is 221 g/mol. The lowest BCUT2D eigenvalue weighted by Gasteiger charge is -2.31. The van der Waals surface area contributed by atoms with Crippen LogP contribution in [0, 0.1) is 5.92 Å². The highest BCUT2D eigenvalue weighted by atomic mass is 15.0. The highest BCUT2D eigenvalue weighted by molar-refractivity contribution is 5.04. The van der Waals surface area contributed by atoms with Gasteiger partial charge in [-0.25, -0.2) is 4.98 Å². The number of imidazole rings is 1. The molecule has 1 saturated carbocycles. The van der Waals surface area contributed by atoms with Gasteiger partial charge in [-0.15, -0.1) is 0 Å². The van der Waals surface area contributed by atoms with E-state index < -0.39 is 0 Å². The molecule has 1 aliphatic rings. The third-order valence-electron chi connectivity index (χ3n) is 3.76. The zero-order chi connectivity index (χ0) is 11.4. The Morgan fingerprint density at radius 3 is 2.94 bits per heavy atom. The predicted octanol–water partition coefficient (Wildman–Crippen LogP) is 2.30. The summed E-state index contributed by atoms with van der Waals surface area (Å²) >= 11 is 0. The molecule has 16 heavy (non-hydrogen) atoms. The Hall–Kier alpha value is -0.830. The Balaban J connectivity index is 2.07. The van der Waals surface area contributed by atoms with Crippen LogP contribution in [0.3, 0.4) is 0 Å². The number of aryl methyl sites for hydroxylation is 1. The van der Waals surface area contributed by atoms with Gasteiger partial charge in [0.1, 0.15) is 5.82 Å². The van der Waals surface area contributed by atoms with Crippen molar-refractivity contribution >= 4 is 0 Å². The smallest absolute Gasteiger partial charge is 0.111 e. The van der Waals surface area contributed by atoms with Gasteiger partial charge in [0.05, 0.1) is 0 Å². The van der Waals surface area contributed by atoms with Gasteiger partial charge in [0.25, 0.3) is 0 Å². The van der Waals surface area contributed by atoms with Crippen molar-refractivity contribution in [2.24, 2.45) is 13.0 Å². The molecule has 2 atom stereocenters. The van der Waals surface area contributed by atoms with E-state index in [2.05, 4.69) is 35.0 Å². The van der Waals surface area contributed by atoms with Crippen molar-refractivity contribution in [2.75, 3.05) is 13.1 Å². The number of nitrogens with one attached hydrogen (secondary N) is 1. The topological polar surface area (TPSA) is 29.9 Å². The quantitative estimate of drug-likeness (QED) is 0.845. The number of rotatable bonds is 4. The standard InChI is InChI=1S/C13H23N3/c1-3-14-10-11-6-4-5-7-12(11)13-15-8-9-16(13)2/h8-9,11-12,14H,3-7,10H2,1-2H3. The van der Waals surface area contributed by atoms with Crippen LogP contribution in [0.1, 0.15) is 44.3 Å². The van der Waals surface area contributed by atoms with Crippen LogP contribution in [-0.2, 0) is 7.05 Å². The average Bonchev–Trinajstić information content (AvgIpc) is 2.73. The van der Waals surface area contributed by atoms with E-state index in [-0.39, 0.29) is 0 Å². The minimum atomic E-state index is 0.660. The molecule has 1 aromatic heterocycles. The third kappa shape index (κ3) is 2.46. The molecule has 90 valence electrons. The molecule has 0 aliphatic heterocycles. The molecule has 0 spiro atoms. The molecule has 1 aliphatic carbocycles. The lowest BCUT2D eigenvalue weighted by molar-refractivity contribution is 0.284. The van der Waals surface area contributed by atoms with Gasteiger partial charge in [-0.1, -0.05) is 19.8 Å². The summed E-state index contributed by atoms with van der Waals surface area (Å²) in [6, 6.07) is 0. The minimum Gasteiger partial charge on any atom is -0.338 e. The largest absolute Gasteiger partial charge is 0.338 e. The van der Waals surface area contributed by atoms with Crippen LogP contribution < -0.4 is 5.32 Å². The van der Waals surface area contributed by atoms with Crippen molar-refractivity contribution in [3.05, 3.63) is 18.2 Å². The molecule has 1 N–H and O–H groups in total. The van der Waals surface area contributed by atoms with Crippen LogP contribution in [0.4, 0.5) is 0 Å². The zero-order valence-corrected chi connectivity index (χ0v) is 10.4. The molecule has 2 unspecified atom stereocenters. The molecule has 0 bridgehead atoms. The minimum absolute atomic E-state index is 0.660. The molecule has 1 fully saturated rings. The number of hydrogen-bond donors (Lipinski definition) is 1. The van der Waals surface area contributed by atoms with Crippen molar-refractivity contribution in [2.45, 2.75) is 38.5 Å². The Morgan fingerprint density at radius 2 is 2.25 bits per heavy atom. The van der Waals surface area contributed by atoms with Gasteiger partial charge in [0, 0.05) is 25.4 Å². The van der Waals surface area contributed by atoms with E-state index in [0.29, 0.717) is 5.92 Å². The lowest BCUT2D eigenvalue weighted by Crippen LogP contribution is -2.30. The number of aromatic nitrogens is 2. The molecule has 3 heteroatoms. The molecular formula is C13H23N3. The Labute approximate surface area is 98.3 Å². The van der Waals surface area contributed by atoms with Crippen LogP contribution in [0.25, 0.3) is 0 Å². The van der Waals surface area contributed by atoms with E-state index in [1.807, 2.05) is 6.20 Å². The SMILES string of the molecule is CCNCC1CCCCC1c1nccn1C. The van der Waals surface area contributed by atoms with Crippen molar-refractivity contribution in [1.82, 2.24) is 14.9 Å². The zero-order valence-electron chi connectivity index (χ0n) is 10.4. The molecule has 0 aromatic carbocycles. The van der Waals surface area contributed by atoms with Crippen LogP contribution in [0.15, 0.2) is 12.4 Å². The van der Waals surface area contributed by atoms with Crippen molar-refractivity contribution in [1.29, 1.82) is 0 Å². The molecular weight excluding hydrogens is 198 g/mol. The Kier molecular flexibility index (Phi) is 3.99. The van der Waals surface area contributed by atoms with Crippen LogP contribution in [-0.4, -0.2) is 22.6 Å². The summed E-state index contributed by atoms with van der Waals surface area (Å²) in [6.07, 6.45) is 9.39. The van der Waals surface area contributed by atoms with Gasteiger partial charge in [0.2, 0.25) is 0 Å². The normalized spacial score (nSPS) is 25.9. The monoisotopic (exact) mass is 221 g/mol. The van der Waals surface area contributed by atoms with E-state index in [1.165, 1.54) is 31.5 Å². The maximum absolute atomic E-state index is 4.53. The van der Waals surface area contributed by atoms with E-state index in [1.54, 1.807) is 0 Å². The summed E-state index contributed by atoms with van der Waals surface area (Å²) < 4.78 is 2.19.